The largest absolute Gasteiger partial charge is 0.480 e. The normalized spacial score (nSPS) is 12.6. The van der Waals surface area contributed by atoms with Crippen molar-refractivity contribution in [2.24, 2.45) is 5.92 Å². The molecule has 0 aliphatic heterocycles. The summed E-state index contributed by atoms with van der Waals surface area (Å²) in [5.41, 5.74) is 0.899. The number of hydrogen-bond acceptors (Lipinski definition) is 5. The van der Waals surface area contributed by atoms with Gasteiger partial charge in [-0.3, -0.25) is 4.79 Å². The van der Waals surface area contributed by atoms with Gasteiger partial charge in [-0.05, 0) is 18.1 Å². The maximum atomic E-state index is 11.1. The quantitative estimate of drug-likeness (QED) is 0.562. The summed E-state index contributed by atoms with van der Waals surface area (Å²) in [6.45, 7) is 6.54. The second-order valence-corrected chi connectivity index (χ2v) is 5.94. The van der Waals surface area contributed by atoms with E-state index >= 15 is 0 Å². The van der Waals surface area contributed by atoms with Crippen LogP contribution in [0.3, 0.4) is 0 Å². The van der Waals surface area contributed by atoms with Crippen LogP contribution in [0.2, 0.25) is 0 Å². The van der Waals surface area contributed by atoms with Gasteiger partial charge in [-0.2, -0.15) is 0 Å². The fraction of sp³-hybridized carbons (Fsp3) is 0.615. The van der Waals surface area contributed by atoms with Crippen molar-refractivity contribution in [2.45, 2.75) is 44.9 Å². The third kappa shape index (κ3) is 6.02. The molecule has 19 heavy (non-hydrogen) atoms. The number of nitrogens with one attached hydrogen (secondary N) is 1. The van der Waals surface area contributed by atoms with Crippen LogP contribution in [-0.4, -0.2) is 32.8 Å². The van der Waals surface area contributed by atoms with E-state index in [1.807, 2.05) is 20.8 Å². The van der Waals surface area contributed by atoms with Crippen molar-refractivity contribution in [3.63, 3.8) is 0 Å². The fourth-order valence-corrected chi connectivity index (χ4v) is 2.13. The molecule has 1 aromatic rings. The zero-order chi connectivity index (χ0) is 14.3. The van der Waals surface area contributed by atoms with Crippen LogP contribution >= 0.6 is 11.8 Å². The van der Waals surface area contributed by atoms with Gasteiger partial charge in [-0.25, -0.2) is 9.97 Å². The Kier molecular flexibility index (Phi) is 6.80. The Balaban J connectivity index is 2.51. The molecule has 0 fully saturated rings. The summed E-state index contributed by atoms with van der Waals surface area (Å²) in [5.74, 6) is 0.466. The first-order valence-corrected chi connectivity index (χ1v) is 7.41. The lowest BCUT2D eigenvalue weighted by Crippen LogP contribution is -2.37. The Hall–Kier alpha value is -1.14. The van der Waals surface area contributed by atoms with Crippen molar-refractivity contribution < 1.29 is 9.90 Å². The Morgan fingerprint density at radius 1 is 1.42 bits per heavy atom. The minimum atomic E-state index is -0.812. The van der Waals surface area contributed by atoms with Crippen molar-refractivity contribution >= 4 is 17.7 Å². The molecule has 6 heteroatoms. The number of aromatic nitrogens is 2. The molecule has 0 bridgehead atoms. The monoisotopic (exact) mass is 283 g/mol. The van der Waals surface area contributed by atoms with Crippen LogP contribution in [0, 0.1) is 5.92 Å². The van der Waals surface area contributed by atoms with E-state index < -0.39 is 12.0 Å². The first-order chi connectivity index (χ1) is 9.02. The molecule has 0 aromatic carbocycles. The van der Waals surface area contributed by atoms with E-state index in [0.29, 0.717) is 18.9 Å². The number of nitrogens with zero attached hydrogens (tertiary/aromatic N) is 2. The highest BCUT2D eigenvalue weighted by atomic mass is 32.2. The lowest BCUT2D eigenvalue weighted by molar-refractivity contribution is -0.140. The number of hydrogen-bond donors (Lipinski definition) is 2. The second kappa shape index (κ2) is 8.12. The zero-order valence-corrected chi connectivity index (χ0v) is 12.4. The summed E-state index contributed by atoms with van der Waals surface area (Å²) in [5, 5.41) is 12.9. The predicted molar refractivity (Wildman–Crippen MR) is 76.1 cm³/mol. The molecule has 1 atom stereocenters. The average molecular weight is 283 g/mol. The van der Waals surface area contributed by atoms with Gasteiger partial charge in [0.25, 0.3) is 0 Å². The molecule has 5 nitrogen and oxygen atoms in total. The molecule has 0 spiro atoms. The third-order valence-corrected chi connectivity index (χ3v) is 3.27. The molecule has 1 heterocycles. The Labute approximate surface area is 118 Å². The molecule has 0 aliphatic rings. The maximum absolute atomic E-state index is 11.1. The van der Waals surface area contributed by atoms with Crippen molar-refractivity contribution in [3.8, 4) is 0 Å². The molecule has 0 saturated heterocycles. The van der Waals surface area contributed by atoms with Gasteiger partial charge < -0.3 is 10.4 Å². The van der Waals surface area contributed by atoms with Crippen LogP contribution in [0.25, 0.3) is 0 Å². The van der Waals surface area contributed by atoms with Gasteiger partial charge in [0.1, 0.15) is 6.04 Å². The minimum Gasteiger partial charge on any atom is -0.480 e. The number of aliphatic carboxylic acids is 1. The number of carboxylic acid groups (broad SMARTS) is 1. The molecule has 0 saturated carbocycles. The van der Waals surface area contributed by atoms with Gasteiger partial charge in [0.15, 0.2) is 5.16 Å². The molecule has 1 aromatic heterocycles. The van der Waals surface area contributed by atoms with E-state index in [0.717, 1.165) is 16.5 Å². The molecule has 1 unspecified atom stereocenters. The fourth-order valence-electron chi connectivity index (χ4n) is 1.62. The molecule has 0 aliphatic carbocycles. The lowest BCUT2D eigenvalue weighted by atomic mass is 10.0. The van der Waals surface area contributed by atoms with Crippen LogP contribution in [0.5, 0.6) is 0 Å². The molecule has 0 radical (unpaired) electrons. The first kappa shape index (κ1) is 15.9. The summed E-state index contributed by atoms with van der Waals surface area (Å²) >= 11 is 1.58. The maximum Gasteiger partial charge on any atom is 0.320 e. The van der Waals surface area contributed by atoms with Crippen LogP contribution in [0.4, 0.5) is 0 Å². The summed E-state index contributed by atoms with van der Waals surface area (Å²) in [6, 6.07) is -0.523. The lowest BCUT2D eigenvalue weighted by Gasteiger charge is -2.16. The summed E-state index contributed by atoms with van der Waals surface area (Å²) in [6.07, 6.45) is 4.10. The van der Waals surface area contributed by atoms with Crippen molar-refractivity contribution in [2.75, 3.05) is 5.75 Å². The van der Waals surface area contributed by atoms with E-state index in [4.69, 9.17) is 5.11 Å². The van der Waals surface area contributed by atoms with Crippen LogP contribution < -0.4 is 5.32 Å². The zero-order valence-electron chi connectivity index (χ0n) is 11.6. The molecule has 106 valence electrons. The van der Waals surface area contributed by atoms with E-state index in [-0.39, 0.29) is 0 Å². The number of thioether (sulfide) groups is 1. The minimum absolute atomic E-state index is 0.341. The van der Waals surface area contributed by atoms with E-state index in [9.17, 15) is 4.79 Å². The number of carboxylic acids is 1. The SMILES string of the molecule is CCSc1ncc(CNC(CC(C)C)C(=O)O)cn1. The molecule has 2 N–H and O–H groups in total. The van der Waals surface area contributed by atoms with Gasteiger partial charge >= 0.3 is 5.97 Å². The van der Waals surface area contributed by atoms with Crippen molar-refractivity contribution in [3.05, 3.63) is 18.0 Å². The first-order valence-electron chi connectivity index (χ1n) is 6.42. The smallest absolute Gasteiger partial charge is 0.320 e. The van der Waals surface area contributed by atoms with Crippen LogP contribution in [0.1, 0.15) is 32.8 Å². The summed E-state index contributed by atoms with van der Waals surface area (Å²) < 4.78 is 0. The van der Waals surface area contributed by atoms with E-state index in [2.05, 4.69) is 15.3 Å². The van der Waals surface area contributed by atoms with E-state index in [1.54, 1.807) is 24.2 Å². The Morgan fingerprint density at radius 2 is 2.05 bits per heavy atom. The Bertz CT molecular complexity index is 395. The molecule has 1 rings (SSSR count). The van der Waals surface area contributed by atoms with Crippen molar-refractivity contribution in [1.82, 2.24) is 15.3 Å². The van der Waals surface area contributed by atoms with Gasteiger partial charge in [-0.1, -0.05) is 32.5 Å². The van der Waals surface area contributed by atoms with Crippen molar-refractivity contribution in [1.29, 1.82) is 0 Å². The molecular formula is C13H21N3O2S. The number of carbonyl (C=O) groups is 1. The van der Waals surface area contributed by atoms with Gasteiger partial charge in [0, 0.05) is 24.5 Å². The topological polar surface area (TPSA) is 75.1 Å². The second-order valence-electron chi connectivity index (χ2n) is 4.71. The van der Waals surface area contributed by atoms with Gasteiger partial charge in [0.05, 0.1) is 0 Å². The molecular weight excluding hydrogens is 262 g/mol. The molecule has 0 amide bonds. The average Bonchev–Trinajstić information content (AvgIpc) is 2.36. The Morgan fingerprint density at radius 3 is 2.53 bits per heavy atom. The summed E-state index contributed by atoms with van der Waals surface area (Å²) in [7, 11) is 0. The van der Waals surface area contributed by atoms with Gasteiger partial charge in [0.2, 0.25) is 0 Å². The highest BCUT2D eigenvalue weighted by Gasteiger charge is 2.17. The highest BCUT2D eigenvalue weighted by Crippen LogP contribution is 2.11. The van der Waals surface area contributed by atoms with Crippen LogP contribution in [-0.2, 0) is 11.3 Å². The third-order valence-electron chi connectivity index (χ3n) is 2.51. The summed E-state index contributed by atoms with van der Waals surface area (Å²) in [4.78, 5) is 19.5. The number of rotatable bonds is 8. The predicted octanol–water partition coefficient (Wildman–Crippen LogP) is 2.18. The van der Waals surface area contributed by atoms with E-state index in [1.165, 1.54) is 0 Å². The van der Waals surface area contributed by atoms with Crippen LogP contribution in [0.15, 0.2) is 17.6 Å². The highest BCUT2D eigenvalue weighted by molar-refractivity contribution is 7.99. The standard InChI is InChI=1S/C13H21N3O2S/c1-4-19-13-15-7-10(8-16-13)6-14-11(12(17)18)5-9(2)3/h7-9,11,14H,4-6H2,1-3H3,(H,17,18). The van der Waals surface area contributed by atoms with Gasteiger partial charge in [-0.15, -0.1) is 0 Å².